The van der Waals surface area contributed by atoms with Crippen LogP contribution < -0.4 is 10.6 Å². The van der Waals surface area contributed by atoms with Crippen LogP contribution in [0.5, 0.6) is 0 Å². The van der Waals surface area contributed by atoms with Gasteiger partial charge in [0.1, 0.15) is 0 Å². The second-order valence-electron chi connectivity index (χ2n) is 6.17. The molecular formula is C18H23N3. The minimum absolute atomic E-state index is 0.0605. The molecule has 2 N–H and O–H groups in total. The second-order valence-corrected chi connectivity index (χ2v) is 6.17. The van der Waals surface area contributed by atoms with E-state index in [4.69, 9.17) is 5.73 Å². The molecule has 0 saturated heterocycles. The third kappa shape index (κ3) is 3.17. The molecule has 0 saturated carbocycles. The maximum absolute atomic E-state index is 9.27. The maximum atomic E-state index is 9.27. The van der Waals surface area contributed by atoms with Gasteiger partial charge in [0.25, 0.3) is 0 Å². The highest BCUT2D eigenvalue weighted by molar-refractivity contribution is 5.97. The molecule has 0 spiro atoms. The fourth-order valence-corrected chi connectivity index (χ4v) is 2.60. The van der Waals surface area contributed by atoms with E-state index in [1.54, 1.807) is 0 Å². The van der Waals surface area contributed by atoms with Crippen molar-refractivity contribution in [2.45, 2.75) is 20.8 Å². The number of nitrogens with two attached hydrogens (primary N) is 1. The molecule has 3 heteroatoms. The lowest BCUT2D eigenvalue weighted by molar-refractivity contribution is 0.380. The van der Waals surface area contributed by atoms with Crippen LogP contribution in [0, 0.1) is 16.7 Å². The van der Waals surface area contributed by atoms with Gasteiger partial charge in [-0.1, -0.05) is 38.1 Å². The molecule has 0 aliphatic carbocycles. The van der Waals surface area contributed by atoms with Crippen LogP contribution in [0.2, 0.25) is 0 Å². The van der Waals surface area contributed by atoms with E-state index in [9.17, 15) is 5.26 Å². The summed E-state index contributed by atoms with van der Waals surface area (Å²) in [5.74, 6) is 0. The van der Waals surface area contributed by atoms with Gasteiger partial charge >= 0.3 is 0 Å². The van der Waals surface area contributed by atoms with Gasteiger partial charge in [-0.15, -0.1) is 0 Å². The Bertz CT molecular complexity index is 668. The van der Waals surface area contributed by atoms with Crippen LogP contribution in [0.25, 0.3) is 10.8 Å². The van der Waals surface area contributed by atoms with Gasteiger partial charge in [-0.2, -0.15) is 5.26 Å². The summed E-state index contributed by atoms with van der Waals surface area (Å²) >= 11 is 0. The molecule has 21 heavy (non-hydrogen) atoms. The quantitative estimate of drug-likeness (QED) is 0.912. The lowest BCUT2D eigenvalue weighted by atomic mass is 9.92. The van der Waals surface area contributed by atoms with Crippen molar-refractivity contribution in [3.05, 3.63) is 42.0 Å². The summed E-state index contributed by atoms with van der Waals surface area (Å²) in [5.41, 5.74) is 7.84. The molecule has 0 bridgehead atoms. The van der Waals surface area contributed by atoms with Crippen molar-refractivity contribution in [3.63, 3.8) is 0 Å². The number of nitrogens with zero attached hydrogens (tertiary/aromatic N) is 2. The molecule has 0 aliphatic heterocycles. The molecular weight excluding hydrogens is 258 g/mol. The summed E-state index contributed by atoms with van der Waals surface area (Å²) < 4.78 is 0. The minimum atomic E-state index is 0.0605. The monoisotopic (exact) mass is 281 g/mol. The normalized spacial score (nSPS) is 11.4. The number of nitriles is 1. The topological polar surface area (TPSA) is 53.0 Å². The summed E-state index contributed by atoms with van der Waals surface area (Å²) in [6.45, 7) is 8.98. The Hall–Kier alpha value is -2.05. The Morgan fingerprint density at radius 1 is 1.14 bits per heavy atom. The van der Waals surface area contributed by atoms with Gasteiger partial charge in [-0.05, 0) is 31.0 Å². The van der Waals surface area contributed by atoms with E-state index in [-0.39, 0.29) is 5.41 Å². The predicted molar refractivity (Wildman–Crippen MR) is 89.4 cm³/mol. The van der Waals surface area contributed by atoms with Crippen molar-refractivity contribution in [3.8, 4) is 6.07 Å². The number of hydrogen-bond acceptors (Lipinski definition) is 3. The lowest BCUT2D eigenvalue weighted by Gasteiger charge is -2.33. The second kappa shape index (κ2) is 6.15. The SMILES string of the molecule is CCN(CC(C)(C)CN)c1ccc(C#N)c2ccccc12. The first-order valence-corrected chi connectivity index (χ1v) is 7.39. The fourth-order valence-electron chi connectivity index (χ4n) is 2.60. The van der Waals surface area contributed by atoms with Crippen LogP contribution in [-0.4, -0.2) is 19.6 Å². The van der Waals surface area contributed by atoms with Crippen LogP contribution >= 0.6 is 0 Å². The van der Waals surface area contributed by atoms with E-state index in [1.807, 2.05) is 24.3 Å². The van der Waals surface area contributed by atoms with Gasteiger partial charge < -0.3 is 10.6 Å². The Kier molecular flexibility index (Phi) is 4.50. The average molecular weight is 281 g/mol. The molecule has 2 aromatic rings. The Balaban J connectivity index is 2.53. The van der Waals surface area contributed by atoms with Crippen LogP contribution in [-0.2, 0) is 0 Å². The number of anilines is 1. The Labute approximate surface area is 127 Å². The van der Waals surface area contributed by atoms with Crippen LogP contribution in [0.15, 0.2) is 36.4 Å². The van der Waals surface area contributed by atoms with E-state index in [2.05, 4.69) is 43.9 Å². The molecule has 3 nitrogen and oxygen atoms in total. The van der Waals surface area contributed by atoms with E-state index in [0.717, 1.165) is 29.4 Å². The molecule has 0 radical (unpaired) electrons. The molecule has 2 rings (SSSR count). The molecule has 0 aliphatic rings. The van der Waals surface area contributed by atoms with Crippen molar-refractivity contribution in [2.24, 2.45) is 11.1 Å². The van der Waals surface area contributed by atoms with Crippen molar-refractivity contribution < 1.29 is 0 Å². The van der Waals surface area contributed by atoms with Crippen LogP contribution in [0.4, 0.5) is 5.69 Å². The van der Waals surface area contributed by atoms with Crippen molar-refractivity contribution >= 4 is 16.5 Å². The third-order valence-corrected chi connectivity index (χ3v) is 3.92. The molecule has 0 aromatic heterocycles. The number of hydrogen-bond donors (Lipinski definition) is 1. The van der Waals surface area contributed by atoms with E-state index in [1.165, 1.54) is 5.69 Å². The van der Waals surface area contributed by atoms with Crippen LogP contribution in [0.1, 0.15) is 26.3 Å². The molecule has 110 valence electrons. The fraction of sp³-hybridized carbons (Fsp3) is 0.389. The van der Waals surface area contributed by atoms with Crippen LogP contribution in [0.3, 0.4) is 0 Å². The zero-order valence-corrected chi connectivity index (χ0v) is 13.1. The van der Waals surface area contributed by atoms with Gasteiger partial charge in [-0.3, -0.25) is 0 Å². The van der Waals surface area contributed by atoms with Gasteiger partial charge in [0, 0.05) is 29.5 Å². The number of benzene rings is 2. The van der Waals surface area contributed by atoms with Gasteiger partial charge in [0.05, 0.1) is 11.6 Å². The Morgan fingerprint density at radius 3 is 2.38 bits per heavy atom. The minimum Gasteiger partial charge on any atom is -0.371 e. The molecule has 0 fully saturated rings. The molecule has 0 atom stereocenters. The van der Waals surface area contributed by atoms with Crippen molar-refractivity contribution in [2.75, 3.05) is 24.5 Å². The zero-order valence-electron chi connectivity index (χ0n) is 13.1. The molecule has 2 aromatic carbocycles. The highest BCUT2D eigenvalue weighted by Gasteiger charge is 2.21. The Morgan fingerprint density at radius 2 is 1.81 bits per heavy atom. The van der Waals surface area contributed by atoms with Gasteiger partial charge in [0.15, 0.2) is 0 Å². The largest absolute Gasteiger partial charge is 0.371 e. The summed E-state index contributed by atoms with van der Waals surface area (Å²) in [6.07, 6.45) is 0. The highest BCUT2D eigenvalue weighted by atomic mass is 15.1. The lowest BCUT2D eigenvalue weighted by Crippen LogP contribution is -2.38. The van der Waals surface area contributed by atoms with Gasteiger partial charge in [0.2, 0.25) is 0 Å². The summed E-state index contributed by atoms with van der Waals surface area (Å²) in [5, 5.41) is 11.4. The molecule has 0 amide bonds. The van der Waals surface area contributed by atoms with Gasteiger partial charge in [-0.25, -0.2) is 0 Å². The zero-order chi connectivity index (χ0) is 15.5. The predicted octanol–water partition coefficient (Wildman–Crippen LogP) is 3.52. The summed E-state index contributed by atoms with van der Waals surface area (Å²) in [7, 11) is 0. The summed E-state index contributed by atoms with van der Waals surface area (Å²) in [4.78, 5) is 2.34. The van der Waals surface area contributed by atoms with E-state index >= 15 is 0 Å². The van der Waals surface area contributed by atoms with E-state index < -0.39 is 0 Å². The van der Waals surface area contributed by atoms with Crippen molar-refractivity contribution in [1.29, 1.82) is 5.26 Å². The van der Waals surface area contributed by atoms with Crippen molar-refractivity contribution in [1.82, 2.24) is 0 Å². The molecule has 0 heterocycles. The number of rotatable bonds is 5. The first-order valence-electron chi connectivity index (χ1n) is 7.39. The maximum Gasteiger partial charge on any atom is 0.0998 e. The average Bonchev–Trinajstić information content (AvgIpc) is 2.51. The number of fused-ring (bicyclic) bond motifs is 1. The van der Waals surface area contributed by atoms with E-state index in [0.29, 0.717) is 6.54 Å². The first kappa shape index (κ1) is 15.3. The summed E-state index contributed by atoms with van der Waals surface area (Å²) in [6, 6.07) is 14.3. The highest BCUT2D eigenvalue weighted by Crippen LogP contribution is 2.31. The third-order valence-electron chi connectivity index (χ3n) is 3.92. The standard InChI is InChI=1S/C18H23N3/c1-4-21(13-18(2,3)12-20)17-10-9-14(11-19)15-7-5-6-8-16(15)17/h5-10H,4,12-13,20H2,1-3H3. The first-order chi connectivity index (χ1) is 10.0. The smallest absolute Gasteiger partial charge is 0.0998 e. The molecule has 0 unspecified atom stereocenters.